The number of rotatable bonds is 1. The SMILES string of the molecule is COc1ccc2c(c1)CCC2=NN. The summed E-state index contributed by atoms with van der Waals surface area (Å²) in [5.74, 6) is 6.18. The van der Waals surface area contributed by atoms with E-state index in [0.717, 1.165) is 24.3 Å². The van der Waals surface area contributed by atoms with Crippen LogP contribution in [0.1, 0.15) is 17.5 Å². The molecular weight excluding hydrogens is 164 g/mol. The Morgan fingerprint density at radius 1 is 1.38 bits per heavy atom. The Morgan fingerprint density at radius 3 is 2.92 bits per heavy atom. The Hall–Kier alpha value is -1.51. The molecule has 0 aliphatic heterocycles. The van der Waals surface area contributed by atoms with Crippen LogP contribution in [0.5, 0.6) is 5.75 Å². The second kappa shape index (κ2) is 3.09. The van der Waals surface area contributed by atoms with E-state index in [-0.39, 0.29) is 0 Å². The van der Waals surface area contributed by atoms with E-state index < -0.39 is 0 Å². The summed E-state index contributed by atoms with van der Waals surface area (Å²) in [6.07, 6.45) is 1.96. The van der Waals surface area contributed by atoms with Crippen molar-refractivity contribution in [2.24, 2.45) is 10.9 Å². The van der Waals surface area contributed by atoms with Crippen LogP contribution in [0.15, 0.2) is 23.3 Å². The van der Waals surface area contributed by atoms with Crippen LogP contribution in [0.4, 0.5) is 0 Å². The van der Waals surface area contributed by atoms with E-state index in [1.54, 1.807) is 7.11 Å². The number of hydrogen-bond donors (Lipinski definition) is 1. The minimum absolute atomic E-state index is 0.900. The number of ether oxygens (including phenoxy) is 1. The van der Waals surface area contributed by atoms with Gasteiger partial charge >= 0.3 is 0 Å². The summed E-state index contributed by atoms with van der Waals surface area (Å²) in [7, 11) is 1.68. The van der Waals surface area contributed by atoms with Crippen molar-refractivity contribution in [2.45, 2.75) is 12.8 Å². The first-order valence-corrected chi connectivity index (χ1v) is 4.29. The molecule has 3 nitrogen and oxygen atoms in total. The highest BCUT2D eigenvalue weighted by Crippen LogP contribution is 2.26. The second-order valence-electron chi connectivity index (χ2n) is 3.10. The van der Waals surface area contributed by atoms with Gasteiger partial charge in [0.05, 0.1) is 12.8 Å². The third kappa shape index (κ3) is 1.26. The monoisotopic (exact) mass is 176 g/mol. The van der Waals surface area contributed by atoms with Gasteiger partial charge in [-0.05, 0) is 36.6 Å². The van der Waals surface area contributed by atoms with Gasteiger partial charge < -0.3 is 10.6 Å². The van der Waals surface area contributed by atoms with Gasteiger partial charge in [-0.1, -0.05) is 0 Å². The third-order valence-electron chi connectivity index (χ3n) is 2.41. The lowest BCUT2D eigenvalue weighted by Gasteiger charge is -2.02. The third-order valence-corrected chi connectivity index (χ3v) is 2.41. The number of hydrogen-bond acceptors (Lipinski definition) is 3. The lowest BCUT2D eigenvalue weighted by Crippen LogP contribution is -1.98. The first-order valence-electron chi connectivity index (χ1n) is 4.29. The fourth-order valence-corrected chi connectivity index (χ4v) is 1.71. The summed E-state index contributed by atoms with van der Waals surface area (Å²) in [4.78, 5) is 0. The van der Waals surface area contributed by atoms with Crippen molar-refractivity contribution < 1.29 is 4.74 Å². The number of benzene rings is 1. The molecule has 13 heavy (non-hydrogen) atoms. The zero-order valence-corrected chi connectivity index (χ0v) is 7.58. The number of aryl methyl sites for hydroxylation is 1. The maximum Gasteiger partial charge on any atom is 0.119 e. The fraction of sp³-hybridized carbons (Fsp3) is 0.300. The van der Waals surface area contributed by atoms with Crippen LogP contribution in [0, 0.1) is 0 Å². The normalized spacial score (nSPS) is 17.5. The van der Waals surface area contributed by atoms with Crippen LogP contribution >= 0.6 is 0 Å². The fourth-order valence-electron chi connectivity index (χ4n) is 1.71. The van der Waals surface area contributed by atoms with E-state index in [9.17, 15) is 0 Å². The smallest absolute Gasteiger partial charge is 0.119 e. The maximum atomic E-state index is 5.28. The Morgan fingerprint density at radius 2 is 2.23 bits per heavy atom. The molecule has 1 aromatic rings. The Labute approximate surface area is 77.2 Å². The molecule has 0 radical (unpaired) electrons. The van der Waals surface area contributed by atoms with E-state index in [1.165, 1.54) is 11.1 Å². The molecule has 0 heterocycles. The molecule has 0 spiro atoms. The average Bonchev–Trinajstić information content (AvgIpc) is 2.59. The molecule has 0 bridgehead atoms. The number of methoxy groups -OCH3 is 1. The topological polar surface area (TPSA) is 47.6 Å². The number of nitrogens with two attached hydrogens (primary N) is 1. The van der Waals surface area contributed by atoms with Gasteiger partial charge in [0.1, 0.15) is 5.75 Å². The molecule has 0 saturated carbocycles. The minimum Gasteiger partial charge on any atom is -0.497 e. The highest BCUT2D eigenvalue weighted by atomic mass is 16.5. The molecule has 0 atom stereocenters. The summed E-state index contributed by atoms with van der Waals surface area (Å²) in [5.41, 5.74) is 3.45. The zero-order valence-electron chi connectivity index (χ0n) is 7.58. The Kier molecular flexibility index (Phi) is 1.93. The van der Waals surface area contributed by atoms with E-state index in [1.807, 2.05) is 18.2 Å². The van der Waals surface area contributed by atoms with Gasteiger partial charge in [0.2, 0.25) is 0 Å². The molecular formula is C10H12N2O. The lowest BCUT2D eigenvalue weighted by molar-refractivity contribution is 0.414. The molecule has 3 heteroatoms. The van der Waals surface area contributed by atoms with Crippen LogP contribution in [-0.4, -0.2) is 12.8 Å². The maximum absolute atomic E-state index is 5.28. The highest BCUT2D eigenvalue weighted by molar-refractivity contribution is 6.04. The van der Waals surface area contributed by atoms with E-state index >= 15 is 0 Å². The molecule has 1 aliphatic rings. The first-order chi connectivity index (χ1) is 6.35. The lowest BCUT2D eigenvalue weighted by atomic mass is 10.1. The summed E-state index contributed by atoms with van der Waals surface area (Å²) in [6.45, 7) is 0. The molecule has 0 unspecified atom stereocenters. The molecule has 0 fully saturated rings. The van der Waals surface area contributed by atoms with E-state index in [2.05, 4.69) is 5.10 Å². The highest BCUT2D eigenvalue weighted by Gasteiger charge is 2.17. The van der Waals surface area contributed by atoms with Gasteiger partial charge in [-0.3, -0.25) is 0 Å². The molecule has 68 valence electrons. The van der Waals surface area contributed by atoms with Crippen LogP contribution in [0.25, 0.3) is 0 Å². The summed E-state index contributed by atoms with van der Waals surface area (Å²) < 4.78 is 5.14. The largest absolute Gasteiger partial charge is 0.497 e. The van der Waals surface area contributed by atoms with E-state index in [4.69, 9.17) is 10.6 Å². The minimum atomic E-state index is 0.900. The number of nitrogens with zero attached hydrogens (tertiary/aromatic N) is 1. The van der Waals surface area contributed by atoms with Crippen molar-refractivity contribution in [3.05, 3.63) is 29.3 Å². The molecule has 0 amide bonds. The van der Waals surface area contributed by atoms with Gasteiger partial charge in [-0.2, -0.15) is 5.10 Å². The Balaban J connectivity index is 2.46. The molecule has 0 aromatic heterocycles. The molecule has 1 aliphatic carbocycles. The average molecular weight is 176 g/mol. The van der Waals surface area contributed by atoms with Crippen LogP contribution in [-0.2, 0) is 6.42 Å². The summed E-state index contributed by atoms with van der Waals surface area (Å²) in [6, 6.07) is 6.01. The standard InChI is InChI=1S/C10H12N2O/c1-13-8-3-4-9-7(6-8)2-5-10(9)12-11/h3-4,6H,2,5,11H2,1H3. The molecule has 2 rings (SSSR count). The van der Waals surface area contributed by atoms with Gasteiger partial charge in [0, 0.05) is 5.56 Å². The van der Waals surface area contributed by atoms with Crippen LogP contribution < -0.4 is 10.6 Å². The van der Waals surface area contributed by atoms with Crippen molar-refractivity contribution in [1.82, 2.24) is 0 Å². The van der Waals surface area contributed by atoms with Crippen molar-refractivity contribution in [3.8, 4) is 5.75 Å². The summed E-state index contributed by atoms with van der Waals surface area (Å²) in [5, 5.41) is 3.76. The first kappa shape index (κ1) is 8.10. The van der Waals surface area contributed by atoms with Gasteiger partial charge in [-0.15, -0.1) is 0 Å². The van der Waals surface area contributed by atoms with Crippen LogP contribution in [0.2, 0.25) is 0 Å². The number of hydrazone groups is 1. The van der Waals surface area contributed by atoms with E-state index in [0.29, 0.717) is 0 Å². The second-order valence-corrected chi connectivity index (χ2v) is 3.10. The quantitative estimate of drug-likeness (QED) is 0.518. The Bertz CT molecular complexity index is 358. The van der Waals surface area contributed by atoms with Crippen molar-refractivity contribution in [3.63, 3.8) is 0 Å². The molecule has 1 aromatic carbocycles. The van der Waals surface area contributed by atoms with Gasteiger partial charge in [-0.25, -0.2) is 0 Å². The van der Waals surface area contributed by atoms with Gasteiger partial charge in [0.25, 0.3) is 0 Å². The van der Waals surface area contributed by atoms with Crippen molar-refractivity contribution >= 4 is 5.71 Å². The summed E-state index contributed by atoms with van der Waals surface area (Å²) >= 11 is 0. The van der Waals surface area contributed by atoms with Gasteiger partial charge in [0.15, 0.2) is 0 Å². The molecule has 2 N–H and O–H groups in total. The predicted molar refractivity (Wildman–Crippen MR) is 52.0 cm³/mol. The number of fused-ring (bicyclic) bond motifs is 1. The van der Waals surface area contributed by atoms with Crippen molar-refractivity contribution in [1.29, 1.82) is 0 Å². The molecule has 0 saturated heterocycles. The predicted octanol–water partition coefficient (Wildman–Crippen LogP) is 1.30. The van der Waals surface area contributed by atoms with Crippen LogP contribution in [0.3, 0.4) is 0 Å². The van der Waals surface area contributed by atoms with Crippen molar-refractivity contribution in [2.75, 3.05) is 7.11 Å². The zero-order chi connectivity index (χ0) is 9.26.